The average molecular weight is 329 g/mol. The summed E-state index contributed by atoms with van der Waals surface area (Å²) in [5.74, 6) is -0.793. The van der Waals surface area contributed by atoms with Crippen molar-refractivity contribution in [2.75, 3.05) is 5.32 Å². The SMILES string of the molecule is O=C(NNC(=O)C1CC1)c1cccc(NC(=O)c2cccs2)c1. The molecule has 1 aromatic heterocycles. The molecule has 1 saturated carbocycles. The van der Waals surface area contributed by atoms with Crippen molar-refractivity contribution in [2.24, 2.45) is 5.92 Å². The molecule has 118 valence electrons. The van der Waals surface area contributed by atoms with Crippen molar-refractivity contribution >= 4 is 34.7 Å². The van der Waals surface area contributed by atoms with Crippen LogP contribution < -0.4 is 16.2 Å². The van der Waals surface area contributed by atoms with Crippen molar-refractivity contribution in [1.29, 1.82) is 0 Å². The summed E-state index contributed by atoms with van der Waals surface area (Å²) in [7, 11) is 0. The van der Waals surface area contributed by atoms with E-state index in [0.29, 0.717) is 16.1 Å². The van der Waals surface area contributed by atoms with E-state index in [1.165, 1.54) is 11.3 Å². The first-order valence-electron chi connectivity index (χ1n) is 7.18. The van der Waals surface area contributed by atoms with Crippen LogP contribution in [0.4, 0.5) is 5.69 Å². The topological polar surface area (TPSA) is 87.3 Å². The lowest BCUT2D eigenvalue weighted by Crippen LogP contribution is -2.42. The molecule has 0 atom stereocenters. The number of rotatable bonds is 4. The van der Waals surface area contributed by atoms with E-state index in [1.54, 1.807) is 36.4 Å². The third-order valence-corrected chi connectivity index (χ3v) is 4.24. The Balaban J connectivity index is 1.61. The van der Waals surface area contributed by atoms with E-state index in [2.05, 4.69) is 16.2 Å². The smallest absolute Gasteiger partial charge is 0.269 e. The Morgan fingerprint density at radius 1 is 1.00 bits per heavy atom. The summed E-state index contributed by atoms with van der Waals surface area (Å²) in [5, 5.41) is 4.56. The number of nitrogens with one attached hydrogen (secondary N) is 3. The highest BCUT2D eigenvalue weighted by atomic mass is 32.1. The van der Waals surface area contributed by atoms with Crippen molar-refractivity contribution < 1.29 is 14.4 Å². The molecule has 3 amide bonds. The second-order valence-corrected chi connectivity index (χ2v) is 6.18. The van der Waals surface area contributed by atoms with Crippen molar-refractivity contribution in [3.8, 4) is 0 Å². The number of hydrogen-bond donors (Lipinski definition) is 3. The number of hydrazine groups is 1. The summed E-state index contributed by atoms with van der Waals surface area (Å²) in [6.07, 6.45) is 1.73. The standard InChI is InChI=1S/C16H15N3O3S/c20-14(10-6-7-10)18-19-15(21)11-3-1-4-12(9-11)17-16(22)13-5-2-8-23-13/h1-5,8-10H,6-7H2,(H,17,22)(H,18,20)(H,19,21). The summed E-state index contributed by atoms with van der Waals surface area (Å²) in [6.45, 7) is 0. The molecule has 3 rings (SSSR count). The lowest BCUT2D eigenvalue weighted by molar-refractivity contribution is -0.123. The molecule has 1 aromatic carbocycles. The van der Waals surface area contributed by atoms with Gasteiger partial charge < -0.3 is 5.32 Å². The number of benzene rings is 1. The molecule has 0 unspecified atom stereocenters. The molecule has 0 spiro atoms. The molecule has 7 heteroatoms. The minimum atomic E-state index is -0.425. The van der Waals surface area contributed by atoms with Gasteiger partial charge in [-0.05, 0) is 42.5 Å². The monoisotopic (exact) mass is 329 g/mol. The molecular formula is C16H15N3O3S. The Morgan fingerprint density at radius 3 is 2.52 bits per heavy atom. The van der Waals surface area contributed by atoms with Crippen LogP contribution in [0.25, 0.3) is 0 Å². The van der Waals surface area contributed by atoms with Crippen molar-refractivity contribution in [2.45, 2.75) is 12.8 Å². The fourth-order valence-corrected chi connectivity index (χ4v) is 2.60. The number of hydrogen-bond acceptors (Lipinski definition) is 4. The number of carbonyl (C=O) groups excluding carboxylic acids is 3. The largest absolute Gasteiger partial charge is 0.321 e. The molecule has 1 heterocycles. The van der Waals surface area contributed by atoms with Crippen molar-refractivity contribution in [1.82, 2.24) is 10.9 Å². The number of anilines is 1. The second kappa shape index (κ2) is 6.62. The van der Waals surface area contributed by atoms with Crippen LogP contribution in [0.5, 0.6) is 0 Å². The third kappa shape index (κ3) is 3.95. The van der Waals surface area contributed by atoms with Gasteiger partial charge in [-0.15, -0.1) is 11.3 Å². The normalized spacial score (nSPS) is 13.2. The first kappa shape index (κ1) is 15.2. The van der Waals surface area contributed by atoms with Crippen LogP contribution in [0.3, 0.4) is 0 Å². The number of carbonyl (C=O) groups is 3. The zero-order valence-electron chi connectivity index (χ0n) is 12.2. The fraction of sp³-hybridized carbons (Fsp3) is 0.188. The molecule has 6 nitrogen and oxygen atoms in total. The van der Waals surface area contributed by atoms with Crippen LogP contribution in [0, 0.1) is 5.92 Å². The van der Waals surface area contributed by atoms with Gasteiger partial charge in [0.05, 0.1) is 4.88 Å². The van der Waals surface area contributed by atoms with Gasteiger partial charge in [-0.1, -0.05) is 12.1 Å². The maximum atomic E-state index is 12.0. The van der Waals surface area contributed by atoms with Crippen LogP contribution in [0.15, 0.2) is 41.8 Å². The minimum Gasteiger partial charge on any atom is -0.321 e. The Bertz CT molecular complexity index is 739. The van der Waals surface area contributed by atoms with Crippen molar-refractivity contribution in [3.63, 3.8) is 0 Å². The molecule has 0 aliphatic heterocycles. The maximum absolute atomic E-state index is 12.0. The molecule has 23 heavy (non-hydrogen) atoms. The maximum Gasteiger partial charge on any atom is 0.269 e. The van der Waals surface area contributed by atoms with E-state index in [4.69, 9.17) is 0 Å². The van der Waals surface area contributed by atoms with Gasteiger partial charge in [-0.2, -0.15) is 0 Å². The van der Waals surface area contributed by atoms with Crippen LogP contribution in [-0.4, -0.2) is 17.7 Å². The highest BCUT2D eigenvalue weighted by Crippen LogP contribution is 2.28. The zero-order valence-corrected chi connectivity index (χ0v) is 13.0. The number of amides is 3. The highest BCUT2D eigenvalue weighted by Gasteiger charge is 2.29. The van der Waals surface area contributed by atoms with Gasteiger partial charge in [0.2, 0.25) is 5.91 Å². The first-order chi connectivity index (χ1) is 11.1. The molecule has 1 aliphatic carbocycles. The molecular weight excluding hydrogens is 314 g/mol. The number of thiophene rings is 1. The van der Waals surface area contributed by atoms with E-state index in [1.807, 2.05) is 5.38 Å². The Morgan fingerprint density at radius 2 is 1.83 bits per heavy atom. The van der Waals surface area contributed by atoms with Gasteiger partial charge in [0.1, 0.15) is 0 Å². The summed E-state index contributed by atoms with van der Waals surface area (Å²) >= 11 is 1.34. The van der Waals surface area contributed by atoms with Crippen LogP contribution in [-0.2, 0) is 4.79 Å². The summed E-state index contributed by atoms with van der Waals surface area (Å²) < 4.78 is 0. The lowest BCUT2D eigenvalue weighted by Gasteiger charge is -2.08. The van der Waals surface area contributed by atoms with E-state index < -0.39 is 5.91 Å². The predicted molar refractivity (Wildman–Crippen MR) is 87.0 cm³/mol. The van der Waals surface area contributed by atoms with E-state index in [9.17, 15) is 14.4 Å². The molecule has 0 radical (unpaired) electrons. The van der Waals surface area contributed by atoms with Crippen LogP contribution in [0.1, 0.15) is 32.9 Å². The Kier molecular flexibility index (Phi) is 4.38. The third-order valence-electron chi connectivity index (χ3n) is 3.37. The van der Waals surface area contributed by atoms with Gasteiger partial charge in [0.25, 0.3) is 11.8 Å². The average Bonchev–Trinajstić information content (AvgIpc) is 3.26. The van der Waals surface area contributed by atoms with Gasteiger partial charge in [0, 0.05) is 17.2 Å². The Labute approximate surface area is 136 Å². The van der Waals surface area contributed by atoms with E-state index >= 15 is 0 Å². The molecule has 0 bridgehead atoms. The van der Waals surface area contributed by atoms with Gasteiger partial charge >= 0.3 is 0 Å². The van der Waals surface area contributed by atoms with Gasteiger partial charge in [-0.25, -0.2) is 0 Å². The summed E-state index contributed by atoms with van der Waals surface area (Å²) in [5.41, 5.74) is 5.65. The molecule has 1 fully saturated rings. The second-order valence-electron chi connectivity index (χ2n) is 5.23. The van der Waals surface area contributed by atoms with E-state index in [0.717, 1.165) is 12.8 Å². The highest BCUT2D eigenvalue weighted by molar-refractivity contribution is 7.12. The van der Waals surface area contributed by atoms with E-state index in [-0.39, 0.29) is 17.7 Å². The molecule has 2 aromatic rings. The molecule has 3 N–H and O–H groups in total. The Hall–Kier alpha value is -2.67. The lowest BCUT2D eigenvalue weighted by atomic mass is 10.2. The quantitative estimate of drug-likeness (QED) is 0.751. The summed E-state index contributed by atoms with van der Waals surface area (Å²) in [4.78, 5) is 36.1. The van der Waals surface area contributed by atoms with Crippen LogP contribution in [0.2, 0.25) is 0 Å². The molecule has 0 saturated heterocycles. The van der Waals surface area contributed by atoms with Gasteiger partial charge in [-0.3, -0.25) is 25.2 Å². The minimum absolute atomic E-state index is 0.0201. The van der Waals surface area contributed by atoms with Crippen LogP contribution >= 0.6 is 11.3 Å². The first-order valence-corrected chi connectivity index (χ1v) is 8.06. The fourth-order valence-electron chi connectivity index (χ4n) is 1.98. The van der Waals surface area contributed by atoms with Crippen molar-refractivity contribution in [3.05, 3.63) is 52.2 Å². The summed E-state index contributed by atoms with van der Waals surface area (Å²) in [6, 6.07) is 10.1. The molecule has 1 aliphatic rings. The van der Waals surface area contributed by atoms with Gasteiger partial charge in [0.15, 0.2) is 0 Å². The predicted octanol–water partition coefficient (Wildman–Crippen LogP) is 2.17. The zero-order chi connectivity index (χ0) is 16.2.